The Labute approximate surface area is 111 Å². The zero-order chi connectivity index (χ0) is 13.8. The molecule has 1 aromatic heterocycles. The van der Waals surface area contributed by atoms with Gasteiger partial charge in [0.1, 0.15) is 5.82 Å². The molecule has 0 radical (unpaired) electrons. The van der Waals surface area contributed by atoms with Crippen molar-refractivity contribution < 1.29 is 14.2 Å². The molecule has 0 fully saturated rings. The number of anilines is 1. The third-order valence-electron chi connectivity index (χ3n) is 2.80. The van der Waals surface area contributed by atoms with Crippen molar-refractivity contribution in [2.75, 3.05) is 27.1 Å². The highest BCUT2D eigenvalue weighted by atomic mass is 16.5. The number of aromatic nitrogens is 1. The van der Waals surface area contributed by atoms with Crippen LogP contribution in [0.15, 0.2) is 30.5 Å². The number of rotatable bonds is 4. The van der Waals surface area contributed by atoms with Gasteiger partial charge in [-0.3, -0.25) is 0 Å². The van der Waals surface area contributed by atoms with E-state index in [4.69, 9.17) is 19.9 Å². The van der Waals surface area contributed by atoms with Gasteiger partial charge in [-0.1, -0.05) is 0 Å². The predicted octanol–water partition coefficient (Wildman–Crippen LogP) is 2.36. The predicted molar refractivity (Wildman–Crippen MR) is 73.7 cm³/mol. The van der Waals surface area contributed by atoms with E-state index in [0.29, 0.717) is 23.1 Å². The van der Waals surface area contributed by atoms with E-state index in [-0.39, 0.29) is 0 Å². The van der Waals surface area contributed by atoms with Crippen LogP contribution >= 0.6 is 0 Å². The Morgan fingerprint density at radius 3 is 2.16 bits per heavy atom. The normalized spacial score (nSPS) is 10.1. The first-order valence-electron chi connectivity index (χ1n) is 5.72. The average molecular weight is 260 g/mol. The van der Waals surface area contributed by atoms with E-state index in [0.717, 1.165) is 11.1 Å². The first-order valence-corrected chi connectivity index (χ1v) is 5.72. The minimum Gasteiger partial charge on any atom is -0.493 e. The molecule has 19 heavy (non-hydrogen) atoms. The van der Waals surface area contributed by atoms with Crippen molar-refractivity contribution >= 4 is 5.82 Å². The van der Waals surface area contributed by atoms with Gasteiger partial charge in [0.25, 0.3) is 0 Å². The van der Waals surface area contributed by atoms with Crippen LogP contribution in [-0.2, 0) is 0 Å². The summed E-state index contributed by atoms with van der Waals surface area (Å²) in [5.41, 5.74) is 7.35. The van der Waals surface area contributed by atoms with Gasteiger partial charge in [-0.05, 0) is 24.3 Å². The van der Waals surface area contributed by atoms with Crippen LogP contribution in [0, 0.1) is 0 Å². The van der Waals surface area contributed by atoms with Gasteiger partial charge in [0.05, 0.1) is 21.3 Å². The highest BCUT2D eigenvalue weighted by Crippen LogP contribution is 2.43. The van der Waals surface area contributed by atoms with Crippen molar-refractivity contribution in [2.45, 2.75) is 0 Å². The maximum atomic E-state index is 5.59. The standard InChI is InChI=1S/C14H16N2O3/c1-17-11-6-5-10(13(18-2)14(11)19-3)9-4-7-12(15)16-8-9/h4-8H,1-3H3,(H2,15,16). The summed E-state index contributed by atoms with van der Waals surface area (Å²) in [6.07, 6.45) is 1.69. The van der Waals surface area contributed by atoms with Crippen LogP contribution in [0.4, 0.5) is 5.82 Å². The molecule has 1 aromatic carbocycles. The molecule has 0 saturated carbocycles. The largest absolute Gasteiger partial charge is 0.493 e. The summed E-state index contributed by atoms with van der Waals surface area (Å²) in [7, 11) is 4.75. The number of hydrogen-bond acceptors (Lipinski definition) is 5. The van der Waals surface area contributed by atoms with Crippen LogP contribution in [0.3, 0.4) is 0 Å². The van der Waals surface area contributed by atoms with Crippen molar-refractivity contribution in [3.05, 3.63) is 30.5 Å². The molecule has 0 atom stereocenters. The summed E-state index contributed by atoms with van der Waals surface area (Å²) >= 11 is 0. The van der Waals surface area contributed by atoms with Gasteiger partial charge in [-0.25, -0.2) is 4.98 Å². The van der Waals surface area contributed by atoms with Gasteiger partial charge in [0.15, 0.2) is 11.5 Å². The number of hydrogen-bond donors (Lipinski definition) is 1. The van der Waals surface area contributed by atoms with Crippen LogP contribution in [0.2, 0.25) is 0 Å². The lowest BCUT2D eigenvalue weighted by Gasteiger charge is -2.15. The van der Waals surface area contributed by atoms with Gasteiger partial charge in [-0.15, -0.1) is 0 Å². The summed E-state index contributed by atoms with van der Waals surface area (Å²) in [6, 6.07) is 7.35. The van der Waals surface area contributed by atoms with Crippen LogP contribution in [0.1, 0.15) is 0 Å². The maximum Gasteiger partial charge on any atom is 0.203 e. The first-order chi connectivity index (χ1) is 9.21. The number of methoxy groups -OCH3 is 3. The Kier molecular flexibility index (Phi) is 3.75. The van der Waals surface area contributed by atoms with Gasteiger partial charge in [0, 0.05) is 17.3 Å². The van der Waals surface area contributed by atoms with Crippen molar-refractivity contribution in [1.29, 1.82) is 0 Å². The van der Waals surface area contributed by atoms with Crippen molar-refractivity contribution in [2.24, 2.45) is 0 Å². The Morgan fingerprint density at radius 2 is 1.63 bits per heavy atom. The number of ether oxygens (including phenoxy) is 3. The molecule has 2 rings (SSSR count). The molecule has 0 saturated heterocycles. The lowest BCUT2D eigenvalue weighted by atomic mass is 10.1. The topological polar surface area (TPSA) is 66.6 Å². The van der Waals surface area contributed by atoms with E-state index in [1.54, 1.807) is 33.6 Å². The Balaban J connectivity index is 2.60. The number of pyridine rings is 1. The molecule has 5 heteroatoms. The summed E-state index contributed by atoms with van der Waals surface area (Å²) < 4.78 is 16.0. The molecule has 0 bridgehead atoms. The van der Waals surface area contributed by atoms with E-state index in [1.165, 1.54) is 0 Å². The average Bonchev–Trinajstić information content (AvgIpc) is 2.46. The smallest absolute Gasteiger partial charge is 0.203 e. The number of nitrogens with zero attached hydrogens (tertiary/aromatic N) is 1. The highest BCUT2D eigenvalue weighted by Gasteiger charge is 2.16. The van der Waals surface area contributed by atoms with E-state index in [1.807, 2.05) is 18.2 Å². The summed E-state index contributed by atoms with van der Waals surface area (Å²) in [6.45, 7) is 0. The van der Waals surface area contributed by atoms with Crippen molar-refractivity contribution in [3.8, 4) is 28.4 Å². The minimum absolute atomic E-state index is 0.475. The first kappa shape index (κ1) is 13.0. The fourth-order valence-corrected chi connectivity index (χ4v) is 1.89. The minimum atomic E-state index is 0.475. The lowest BCUT2D eigenvalue weighted by Crippen LogP contribution is -1.97. The molecule has 0 aliphatic heterocycles. The second kappa shape index (κ2) is 5.48. The lowest BCUT2D eigenvalue weighted by molar-refractivity contribution is 0.325. The summed E-state index contributed by atoms with van der Waals surface area (Å²) in [5.74, 6) is 2.25. The zero-order valence-corrected chi connectivity index (χ0v) is 11.1. The van der Waals surface area contributed by atoms with Crippen LogP contribution in [0.25, 0.3) is 11.1 Å². The molecular formula is C14H16N2O3. The molecule has 0 unspecified atom stereocenters. The quantitative estimate of drug-likeness (QED) is 0.914. The molecule has 1 heterocycles. The monoisotopic (exact) mass is 260 g/mol. The summed E-state index contributed by atoms with van der Waals surface area (Å²) in [4.78, 5) is 4.08. The van der Waals surface area contributed by atoms with Crippen LogP contribution in [0.5, 0.6) is 17.2 Å². The van der Waals surface area contributed by atoms with Crippen molar-refractivity contribution in [1.82, 2.24) is 4.98 Å². The number of nitrogen functional groups attached to an aromatic ring is 1. The molecule has 0 aliphatic carbocycles. The Hall–Kier alpha value is -2.43. The van der Waals surface area contributed by atoms with E-state index >= 15 is 0 Å². The second-order valence-corrected chi connectivity index (χ2v) is 3.85. The number of benzene rings is 1. The number of nitrogens with two attached hydrogens (primary N) is 1. The van der Waals surface area contributed by atoms with E-state index in [9.17, 15) is 0 Å². The van der Waals surface area contributed by atoms with Gasteiger partial charge >= 0.3 is 0 Å². The molecule has 0 spiro atoms. The molecule has 2 N–H and O–H groups in total. The molecule has 100 valence electrons. The fraction of sp³-hybridized carbons (Fsp3) is 0.214. The third kappa shape index (κ3) is 2.40. The zero-order valence-electron chi connectivity index (χ0n) is 11.1. The van der Waals surface area contributed by atoms with Gasteiger partial charge in [-0.2, -0.15) is 0 Å². The van der Waals surface area contributed by atoms with Gasteiger partial charge < -0.3 is 19.9 Å². The third-order valence-corrected chi connectivity index (χ3v) is 2.80. The second-order valence-electron chi connectivity index (χ2n) is 3.85. The molecule has 0 aliphatic rings. The van der Waals surface area contributed by atoms with Crippen molar-refractivity contribution in [3.63, 3.8) is 0 Å². The van der Waals surface area contributed by atoms with Crippen LogP contribution < -0.4 is 19.9 Å². The SMILES string of the molecule is COc1ccc(-c2ccc(N)nc2)c(OC)c1OC. The molecule has 2 aromatic rings. The fourth-order valence-electron chi connectivity index (χ4n) is 1.89. The van der Waals surface area contributed by atoms with Gasteiger partial charge in [0.2, 0.25) is 5.75 Å². The van der Waals surface area contributed by atoms with Crippen LogP contribution in [-0.4, -0.2) is 26.3 Å². The van der Waals surface area contributed by atoms with E-state index < -0.39 is 0 Å². The maximum absolute atomic E-state index is 5.59. The Morgan fingerprint density at radius 1 is 0.895 bits per heavy atom. The summed E-state index contributed by atoms with van der Waals surface area (Å²) in [5, 5.41) is 0. The molecular weight excluding hydrogens is 244 g/mol. The van der Waals surface area contributed by atoms with E-state index in [2.05, 4.69) is 4.98 Å². The highest BCUT2D eigenvalue weighted by molar-refractivity contribution is 5.76. The molecule has 0 amide bonds. The molecule has 5 nitrogen and oxygen atoms in total. The Bertz CT molecular complexity index is 568.